The monoisotopic (exact) mass is 442 g/mol. The van der Waals surface area contributed by atoms with E-state index in [2.05, 4.69) is 18.6 Å². The van der Waals surface area contributed by atoms with Crippen LogP contribution in [0.1, 0.15) is 51.0 Å². The van der Waals surface area contributed by atoms with E-state index in [9.17, 15) is 22.0 Å². The Morgan fingerprint density at radius 2 is 1.70 bits per heavy atom. The van der Waals surface area contributed by atoms with Gasteiger partial charge in [-0.25, -0.2) is 8.78 Å². The first-order valence-corrected chi connectivity index (χ1v) is 12.3. The number of hydrogen-bond donors (Lipinski definition) is 0. The van der Waals surface area contributed by atoms with E-state index in [0.717, 1.165) is 42.0 Å². The van der Waals surface area contributed by atoms with E-state index < -0.39 is 23.7 Å². The van der Waals surface area contributed by atoms with Crippen LogP contribution >= 0.6 is 0 Å². The van der Waals surface area contributed by atoms with E-state index in [1.54, 1.807) is 6.07 Å². The van der Waals surface area contributed by atoms with E-state index in [4.69, 9.17) is 0 Å². The summed E-state index contributed by atoms with van der Waals surface area (Å²) >= 11 is 0. The van der Waals surface area contributed by atoms with Crippen LogP contribution in [0.2, 0.25) is 11.6 Å². The number of halogens is 5. The summed E-state index contributed by atoms with van der Waals surface area (Å²) < 4.78 is 69.2. The highest BCUT2D eigenvalue weighted by Crippen LogP contribution is 2.41. The Balaban J connectivity index is 1.71. The molecule has 1 aliphatic carbocycles. The van der Waals surface area contributed by atoms with Gasteiger partial charge in [0.15, 0.2) is 11.6 Å². The van der Waals surface area contributed by atoms with Crippen molar-refractivity contribution in [2.75, 3.05) is 0 Å². The van der Waals surface area contributed by atoms with Gasteiger partial charge in [-0.2, -0.15) is 0 Å². The van der Waals surface area contributed by atoms with Gasteiger partial charge in [0, 0.05) is 15.1 Å². The smallest absolute Gasteiger partial charge is 0.403 e. The van der Waals surface area contributed by atoms with Gasteiger partial charge in [0.1, 0.15) is 5.82 Å². The molecule has 1 atom stereocenters. The van der Waals surface area contributed by atoms with Crippen molar-refractivity contribution in [2.45, 2.75) is 63.4 Å². The Hall–Kier alpha value is -1.89. The van der Waals surface area contributed by atoms with Gasteiger partial charge in [-0.1, -0.05) is 43.6 Å². The maximum atomic E-state index is 14.8. The summed E-state index contributed by atoms with van der Waals surface area (Å²) in [6.07, 6.45) is -0.541. The molecule has 0 heterocycles. The SMILES string of the molecule is CC[SiH2]C(C)[C@H]1CC[C@H](c2ccc(-c3ccc(OC(F)(F)F)c(F)c3)c(F)c2)CC1. The Bertz CT molecular complexity index is 859. The fourth-order valence-electron chi connectivity index (χ4n) is 4.61. The minimum Gasteiger partial charge on any atom is -0.403 e. The number of rotatable bonds is 6. The number of alkyl halides is 3. The Labute approximate surface area is 176 Å². The molecule has 0 saturated heterocycles. The van der Waals surface area contributed by atoms with Crippen molar-refractivity contribution in [3.63, 3.8) is 0 Å². The van der Waals surface area contributed by atoms with E-state index >= 15 is 0 Å². The second-order valence-electron chi connectivity index (χ2n) is 8.31. The normalized spacial score (nSPS) is 21.2. The predicted molar refractivity (Wildman–Crippen MR) is 112 cm³/mol. The first-order valence-electron chi connectivity index (χ1n) is 10.5. The van der Waals surface area contributed by atoms with Crippen LogP contribution in [0, 0.1) is 17.6 Å². The van der Waals surface area contributed by atoms with Crippen LogP contribution in [-0.2, 0) is 0 Å². The molecular formula is C23H27F5OSi. The van der Waals surface area contributed by atoms with Crippen molar-refractivity contribution in [1.82, 2.24) is 0 Å². The lowest BCUT2D eigenvalue weighted by Crippen LogP contribution is -2.19. The number of benzene rings is 2. The third-order valence-electron chi connectivity index (χ3n) is 6.25. The van der Waals surface area contributed by atoms with E-state index in [1.165, 1.54) is 31.0 Å². The van der Waals surface area contributed by atoms with Gasteiger partial charge in [0.05, 0.1) is 0 Å². The molecule has 7 heteroatoms. The lowest BCUT2D eigenvalue weighted by atomic mass is 9.77. The molecule has 0 spiro atoms. The Morgan fingerprint density at radius 3 is 2.27 bits per heavy atom. The van der Waals surface area contributed by atoms with Crippen LogP contribution in [0.15, 0.2) is 36.4 Å². The van der Waals surface area contributed by atoms with Crippen molar-refractivity contribution < 1.29 is 26.7 Å². The molecule has 1 unspecified atom stereocenters. The van der Waals surface area contributed by atoms with Gasteiger partial charge < -0.3 is 4.74 Å². The Kier molecular flexibility index (Phi) is 7.21. The zero-order valence-electron chi connectivity index (χ0n) is 17.2. The summed E-state index contributed by atoms with van der Waals surface area (Å²) in [5.41, 5.74) is 2.13. The lowest BCUT2D eigenvalue weighted by Gasteiger charge is -2.32. The summed E-state index contributed by atoms with van der Waals surface area (Å²) in [6, 6.07) is 9.22. The van der Waals surface area contributed by atoms with Gasteiger partial charge in [-0.3, -0.25) is 0 Å². The molecule has 2 aromatic carbocycles. The molecular weight excluding hydrogens is 415 g/mol. The van der Waals surface area contributed by atoms with Gasteiger partial charge in [-0.05, 0) is 66.8 Å². The number of hydrogen-bond acceptors (Lipinski definition) is 1. The summed E-state index contributed by atoms with van der Waals surface area (Å²) in [5.74, 6) is -1.50. The van der Waals surface area contributed by atoms with Crippen molar-refractivity contribution in [1.29, 1.82) is 0 Å². The van der Waals surface area contributed by atoms with Crippen LogP contribution in [0.5, 0.6) is 5.75 Å². The molecule has 164 valence electrons. The fraction of sp³-hybridized carbons (Fsp3) is 0.478. The molecule has 0 aliphatic heterocycles. The van der Waals surface area contributed by atoms with Gasteiger partial charge in [0.2, 0.25) is 0 Å². The second-order valence-corrected chi connectivity index (χ2v) is 11.2. The Morgan fingerprint density at radius 1 is 1.00 bits per heavy atom. The second kappa shape index (κ2) is 9.50. The molecule has 1 saturated carbocycles. The van der Waals surface area contributed by atoms with Crippen molar-refractivity contribution in [3.05, 3.63) is 53.6 Å². The molecule has 1 aliphatic rings. The quantitative estimate of drug-likeness (QED) is 0.339. The van der Waals surface area contributed by atoms with E-state index in [-0.39, 0.29) is 20.6 Å². The maximum Gasteiger partial charge on any atom is 0.573 e. The molecule has 0 aromatic heterocycles. The van der Waals surface area contributed by atoms with Gasteiger partial charge in [-0.15, -0.1) is 13.2 Å². The average molecular weight is 443 g/mol. The van der Waals surface area contributed by atoms with Crippen molar-refractivity contribution in [2.24, 2.45) is 5.92 Å². The van der Waals surface area contributed by atoms with Gasteiger partial charge >= 0.3 is 6.36 Å². The molecule has 0 bridgehead atoms. The first kappa shape index (κ1) is 22.8. The molecule has 30 heavy (non-hydrogen) atoms. The van der Waals surface area contributed by atoms with Crippen molar-refractivity contribution in [3.8, 4) is 16.9 Å². The highest BCUT2D eigenvalue weighted by Gasteiger charge is 2.32. The zero-order chi connectivity index (χ0) is 21.9. The molecule has 0 amide bonds. The molecule has 3 rings (SSSR count). The molecule has 0 N–H and O–H groups in total. The maximum absolute atomic E-state index is 14.8. The highest BCUT2D eigenvalue weighted by molar-refractivity contribution is 6.37. The van der Waals surface area contributed by atoms with Crippen LogP contribution in [0.3, 0.4) is 0 Å². The minimum absolute atomic E-state index is 0.00179. The average Bonchev–Trinajstić information content (AvgIpc) is 2.69. The molecule has 1 fully saturated rings. The standard InChI is InChI=1S/C23H27F5OSi/c1-3-30-14(2)15-4-6-16(7-5-15)17-8-10-19(20(24)12-17)18-9-11-22(21(25)13-18)29-23(26,27)28/h8-16H,3-7,30H2,1-2H3/t14?,15-,16-. The lowest BCUT2D eigenvalue weighted by molar-refractivity contribution is -0.275. The summed E-state index contributed by atoms with van der Waals surface area (Å²) in [6.45, 7) is 4.64. The minimum atomic E-state index is -4.98. The summed E-state index contributed by atoms with van der Waals surface area (Å²) in [7, 11) is 0.00179. The van der Waals surface area contributed by atoms with Crippen LogP contribution in [-0.4, -0.2) is 15.9 Å². The summed E-state index contributed by atoms with van der Waals surface area (Å²) in [4.78, 5) is 0. The van der Waals surface area contributed by atoms with E-state index in [0.29, 0.717) is 5.92 Å². The topological polar surface area (TPSA) is 9.23 Å². The van der Waals surface area contributed by atoms with Crippen LogP contribution in [0.25, 0.3) is 11.1 Å². The first-order chi connectivity index (χ1) is 14.2. The van der Waals surface area contributed by atoms with Gasteiger partial charge in [0.25, 0.3) is 0 Å². The fourth-order valence-corrected chi connectivity index (χ4v) is 6.46. The van der Waals surface area contributed by atoms with Crippen LogP contribution in [0.4, 0.5) is 22.0 Å². The third kappa shape index (κ3) is 5.62. The van der Waals surface area contributed by atoms with E-state index in [1.807, 2.05) is 6.07 Å². The largest absolute Gasteiger partial charge is 0.573 e. The third-order valence-corrected chi connectivity index (χ3v) is 8.41. The zero-order valence-corrected chi connectivity index (χ0v) is 18.7. The predicted octanol–water partition coefficient (Wildman–Crippen LogP) is 7.22. The number of ether oxygens (including phenoxy) is 1. The molecule has 0 radical (unpaired) electrons. The highest BCUT2D eigenvalue weighted by atomic mass is 28.2. The van der Waals surface area contributed by atoms with Crippen molar-refractivity contribution >= 4 is 9.52 Å². The molecule has 1 nitrogen and oxygen atoms in total. The summed E-state index contributed by atoms with van der Waals surface area (Å²) in [5, 5.41) is 0. The molecule has 2 aromatic rings. The van der Waals surface area contributed by atoms with Crippen LogP contribution < -0.4 is 4.74 Å².